The average Bonchev–Trinajstić information content (AvgIpc) is 3.21. The quantitative estimate of drug-likeness (QED) is 0.210. The van der Waals surface area contributed by atoms with Gasteiger partial charge >= 0.3 is 30.2 Å². The molecule has 0 spiro atoms. The van der Waals surface area contributed by atoms with Gasteiger partial charge in [-0.2, -0.15) is 11.1 Å². The summed E-state index contributed by atoms with van der Waals surface area (Å²) < 4.78 is 13.2. The van der Waals surface area contributed by atoms with Gasteiger partial charge in [-0.05, 0) is 0 Å². The first-order valence-electron chi connectivity index (χ1n) is 8.90. The molecular formula is C26H31Cl2FSiZr-4. The predicted octanol–water partition coefficient (Wildman–Crippen LogP) is 8.45. The third kappa shape index (κ3) is 8.89. The Hall–Kier alpha value is -0.860. The Morgan fingerprint density at radius 3 is 2.00 bits per heavy atom. The van der Waals surface area contributed by atoms with E-state index in [4.69, 9.17) is 0 Å². The molecule has 1 aliphatic carbocycles. The van der Waals surface area contributed by atoms with Crippen LogP contribution in [0.4, 0.5) is 4.39 Å². The molecule has 4 rings (SSSR count). The Morgan fingerprint density at radius 1 is 0.968 bits per heavy atom. The monoisotopic (exact) mass is 550 g/mol. The van der Waals surface area contributed by atoms with Crippen LogP contribution in [0.25, 0.3) is 21.9 Å². The minimum atomic E-state index is -0.184. The molecule has 0 heterocycles. The zero-order chi connectivity index (χ0) is 20.0. The van der Waals surface area contributed by atoms with Crippen molar-refractivity contribution >= 4 is 42.5 Å². The maximum absolute atomic E-state index is 13.2. The molecule has 0 N–H and O–H groups in total. The molecule has 1 unspecified atom stereocenters. The molecule has 5 heteroatoms. The molecule has 3 aromatic carbocycles. The van der Waals surface area contributed by atoms with Gasteiger partial charge in [0.1, 0.15) is 5.82 Å². The molecular weight excluding hydrogens is 522 g/mol. The Balaban J connectivity index is -0.000000460. The fourth-order valence-corrected chi connectivity index (χ4v) is 3.20. The van der Waals surface area contributed by atoms with Crippen molar-refractivity contribution < 1.29 is 27.7 Å². The van der Waals surface area contributed by atoms with Gasteiger partial charge in [0, 0.05) is 0 Å². The van der Waals surface area contributed by atoms with Crippen molar-refractivity contribution in [3.63, 3.8) is 0 Å². The standard InChI is InChI=1S/C15H10F.C9H13.2CH3.2ClH.Si.Zr/c16-13-8-6-12-7-9-14(15(12)10-13)11-4-2-1-3-5-11;1-6-5-7(2)9(4)8(6)3;;;;;;/h1-10H;6H,1-4H3;2*1H3;2*1H;;/q4*-1;;;;. The molecule has 0 bridgehead atoms. The van der Waals surface area contributed by atoms with Crippen LogP contribution < -0.4 is 0 Å². The van der Waals surface area contributed by atoms with Crippen molar-refractivity contribution in [2.24, 2.45) is 5.92 Å². The van der Waals surface area contributed by atoms with Crippen molar-refractivity contribution in [1.82, 2.24) is 0 Å². The van der Waals surface area contributed by atoms with E-state index in [9.17, 15) is 4.39 Å². The van der Waals surface area contributed by atoms with Gasteiger partial charge in [0.25, 0.3) is 0 Å². The summed E-state index contributed by atoms with van der Waals surface area (Å²) >= 11 is 1.36. The Kier molecular flexibility index (Phi) is 18.7. The SMILES string of the molecule is CC1=[C-]C(C)C(C)=C1C.Cl.Cl.Fc1ccc2[cH-]cc(-c3ccccc3)c2c1.[CH3-].[CH3-].[Si]=[Zr]. The number of hydrogen-bond donors (Lipinski definition) is 0. The van der Waals surface area contributed by atoms with Gasteiger partial charge in [-0.3, -0.25) is 6.08 Å². The van der Waals surface area contributed by atoms with E-state index in [0.29, 0.717) is 5.92 Å². The van der Waals surface area contributed by atoms with Crippen LogP contribution in [0, 0.1) is 32.7 Å². The van der Waals surface area contributed by atoms with E-state index in [1.165, 1.54) is 46.1 Å². The molecule has 31 heavy (non-hydrogen) atoms. The average molecular weight is 553 g/mol. The molecule has 0 saturated carbocycles. The Labute approximate surface area is 217 Å². The molecule has 1 aliphatic rings. The van der Waals surface area contributed by atoms with Crippen molar-refractivity contribution in [3.05, 3.63) is 104 Å². The second-order valence-corrected chi connectivity index (χ2v) is 6.64. The number of halogens is 3. The summed E-state index contributed by atoms with van der Waals surface area (Å²) in [7, 11) is 0. The van der Waals surface area contributed by atoms with Gasteiger partial charge in [-0.15, -0.1) is 66.3 Å². The predicted molar refractivity (Wildman–Crippen MR) is 138 cm³/mol. The van der Waals surface area contributed by atoms with E-state index >= 15 is 0 Å². The van der Waals surface area contributed by atoms with Gasteiger partial charge in [0.15, 0.2) is 0 Å². The van der Waals surface area contributed by atoms with E-state index < -0.39 is 0 Å². The molecule has 0 aliphatic heterocycles. The van der Waals surface area contributed by atoms with Crippen LogP contribution in [0.1, 0.15) is 27.7 Å². The van der Waals surface area contributed by atoms with E-state index in [-0.39, 0.29) is 45.5 Å². The van der Waals surface area contributed by atoms with Gasteiger partial charge < -0.3 is 14.9 Å². The molecule has 0 fully saturated rings. The van der Waals surface area contributed by atoms with Crippen LogP contribution in [0.3, 0.4) is 0 Å². The normalized spacial score (nSPS) is 13.5. The summed E-state index contributed by atoms with van der Waals surface area (Å²) in [6.45, 7) is 11.7. The molecule has 0 aromatic heterocycles. The molecule has 0 nitrogen and oxygen atoms in total. The second kappa shape index (κ2) is 16.7. The van der Waals surface area contributed by atoms with Gasteiger partial charge in [0.05, 0.1) is 0 Å². The summed E-state index contributed by atoms with van der Waals surface area (Å²) in [6, 6.07) is 19.0. The van der Waals surface area contributed by atoms with Crippen molar-refractivity contribution in [2.45, 2.75) is 27.7 Å². The zero-order valence-corrected chi connectivity index (χ0v) is 24.1. The summed E-state index contributed by atoms with van der Waals surface area (Å²) in [5.74, 6) is 0.376. The molecule has 2 radical (unpaired) electrons. The zero-order valence-electron chi connectivity index (χ0n) is 19.0. The first-order valence-corrected chi connectivity index (χ1v) is 13.1. The summed E-state index contributed by atoms with van der Waals surface area (Å²) in [4.78, 5) is 0. The minimum absolute atomic E-state index is 0. The van der Waals surface area contributed by atoms with Crippen molar-refractivity contribution in [2.75, 3.05) is 0 Å². The molecule has 3 aromatic rings. The van der Waals surface area contributed by atoms with Crippen LogP contribution in [0.15, 0.2) is 77.4 Å². The van der Waals surface area contributed by atoms with Crippen LogP contribution in [0.2, 0.25) is 0 Å². The fourth-order valence-electron chi connectivity index (χ4n) is 3.20. The van der Waals surface area contributed by atoms with Crippen molar-refractivity contribution in [1.29, 1.82) is 0 Å². The second-order valence-electron chi connectivity index (χ2n) is 6.64. The Morgan fingerprint density at radius 2 is 1.55 bits per heavy atom. The van der Waals surface area contributed by atoms with E-state index in [1.54, 1.807) is 6.07 Å². The Bertz CT molecular complexity index is 977. The van der Waals surface area contributed by atoms with Gasteiger partial charge in [0.2, 0.25) is 0 Å². The van der Waals surface area contributed by atoms with E-state index in [0.717, 1.165) is 21.9 Å². The summed E-state index contributed by atoms with van der Waals surface area (Å²) in [5, 5.41) is 2.06. The fraction of sp³-hybridized carbons (Fsp3) is 0.192. The molecule has 1 atom stereocenters. The number of hydrogen-bond acceptors (Lipinski definition) is 0. The summed E-state index contributed by atoms with van der Waals surface area (Å²) in [5.41, 5.74) is 6.47. The number of benzene rings is 2. The number of fused-ring (bicyclic) bond motifs is 1. The summed E-state index contributed by atoms with van der Waals surface area (Å²) in [6.07, 6.45) is 3.36. The maximum atomic E-state index is 13.2. The third-order valence-corrected chi connectivity index (χ3v) is 5.06. The first-order chi connectivity index (χ1) is 13.0. The van der Waals surface area contributed by atoms with Crippen LogP contribution in [-0.2, 0) is 23.3 Å². The van der Waals surface area contributed by atoms with Crippen LogP contribution in [0.5, 0.6) is 0 Å². The number of allylic oxidation sites excluding steroid dienone is 4. The van der Waals surface area contributed by atoms with E-state index in [1.807, 2.05) is 48.5 Å². The first kappa shape index (κ1) is 34.7. The van der Waals surface area contributed by atoms with Gasteiger partial charge in [-0.25, -0.2) is 9.96 Å². The van der Waals surface area contributed by atoms with Gasteiger partial charge in [-0.1, -0.05) is 74.7 Å². The van der Waals surface area contributed by atoms with Crippen LogP contribution >= 0.6 is 24.8 Å². The van der Waals surface area contributed by atoms with E-state index in [2.05, 4.69) is 40.7 Å². The van der Waals surface area contributed by atoms with Crippen molar-refractivity contribution in [3.8, 4) is 11.1 Å². The molecule has 0 amide bonds. The third-order valence-electron chi connectivity index (χ3n) is 5.06. The topological polar surface area (TPSA) is 0 Å². The number of rotatable bonds is 1. The molecule has 0 saturated heterocycles. The molecule has 168 valence electrons. The van der Waals surface area contributed by atoms with Crippen LogP contribution in [-0.4, -0.2) is 6.88 Å².